The van der Waals surface area contributed by atoms with Gasteiger partial charge in [-0.2, -0.15) is 0 Å². The Balaban J connectivity index is 1.14. The molecule has 0 spiro atoms. The minimum Gasteiger partial charge on any atom is -0.393 e. The topological polar surface area (TPSA) is 98.6 Å². The highest BCUT2D eigenvalue weighted by atomic mass is 16.3. The van der Waals surface area contributed by atoms with Crippen molar-refractivity contribution in [1.29, 1.82) is 0 Å². The number of carbonyl (C=O) groups is 2. The molecule has 1 atom stereocenters. The lowest BCUT2D eigenvalue weighted by Crippen LogP contribution is -2.37. The Morgan fingerprint density at radius 1 is 0.800 bits per heavy atom. The summed E-state index contributed by atoms with van der Waals surface area (Å²) in [5.41, 5.74) is 6.88. The fourth-order valence-electron chi connectivity index (χ4n) is 5.25. The molecule has 1 saturated heterocycles. The van der Waals surface area contributed by atoms with Crippen LogP contribution in [0.3, 0.4) is 0 Å². The predicted octanol–water partition coefficient (Wildman–Crippen LogP) is 5.57. The fourth-order valence-corrected chi connectivity index (χ4v) is 5.25. The smallest absolute Gasteiger partial charge is 0.272 e. The van der Waals surface area contributed by atoms with Gasteiger partial charge in [0.1, 0.15) is 5.69 Å². The van der Waals surface area contributed by atoms with Crippen LogP contribution in [0, 0.1) is 12.8 Å². The summed E-state index contributed by atoms with van der Waals surface area (Å²) < 4.78 is 1.86. The highest BCUT2D eigenvalue weighted by molar-refractivity contribution is 6.04. The number of hydrogen-bond donors (Lipinski definition) is 4. The largest absolute Gasteiger partial charge is 0.393 e. The molecule has 40 heavy (non-hydrogen) atoms. The maximum Gasteiger partial charge on any atom is 0.272 e. The van der Waals surface area contributed by atoms with E-state index in [4.69, 9.17) is 0 Å². The molecule has 1 aromatic heterocycles. The number of anilines is 4. The molecule has 1 fully saturated rings. The lowest BCUT2D eigenvalue weighted by Gasteiger charge is -2.37. The highest BCUT2D eigenvalue weighted by Crippen LogP contribution is 2.30. The first kappa shape index (κ1) is 27.3. The van der Waals surface area contributed by atoms with Crippen LogP contribution in [-0.4, -0.2) is 45.6 Å². The van der Waals surface area contributed by atoms with Crippen molar-refractivity contribution in [1.82, 2.24) is 9.47 Å². The first-order valence-electron chi connectivity index (χ1n) is 13.8. The molecule has 2 aliphatic rings. The number of rotatable bonds is 7. The molecule has 1 aliphatic carbocycles. The van der Waals surface area contributed by atoms with Gasteiger partial charge in [0.05, 0.1) is 6.10 Å². The van der Waals surface area contributed by atoms with Crippen LogP contribution in [0.2, 0.25) is 0 Å². The zero-order valence-corrected chi connectivity index (χ0v) is 23.3. The molecule has 0 radical (unpaired) electrons. The number of likely N-dealkylation sites (tertiary alicyclic amines) is 1. The van der Waals surface area contributed by atoms with Gasteiger partial charge >= 0.3 is 0 Å². The van der Waals surface area contributed by atoms with Crippen LogP contribution in [0.1, 0.15) is 42.4 Å². The monoisotopic (exact) mass is 539 g/mol. The number of aromatic nitrogens is 1. The molecule has 1 unspecified atom stereocenters. The van der Waals surface area contributed by atoms with E-state index in [2.05, 4.69) is 33.9 Å². The normalized spacial score (nSPS) is 17.6. The second kappa shape index (κ2) is 11.8. The quantitative estimate of drug-likeness (QED) is 0.315. The second-order valence-corrected chi connectivity index (χ2v) is 10.7. The Bertz CT molecular complexity index is 1430. The molecule has 3 aromatic rings. The third-order valence-electron chi connectivity index (χ3n) is 7.79. The lowest BCUT2D eigenvalue weighted by atomic mass is 9.90. The van der Waals surface area contributed by atoms with E-state index in [9.17, 15) is 14.7 Å². The minimum absolute atomic E-state index is 0.0833. The van der Waals surface area contributed by atoms with Crippen molar-refractivity contribution in [2.24, 2.45) is 13.0 Å². The molecule has 2 heterocycles. The number of carbonyl (C=O) groups excluding carboxylic acids is 2. The summed E-state index contributed by atoms with van der Waals surface area (Å²) in [5.74, 6) is 0.0290. The van der Waals surface area contributed by atoms with Gasteiger partial charge < -0.3 is 30.5 Å². The fraction of sp³-hybridized carbons (Fsp3) is 0.312. The van der Waals surface area contributed by atoms with E-state index in [-0.39, 0.29) is 23.8 Å². The summed E-state index contributed by atoms with van der Waals surface area (Å²) in [6.07, 6.45) is 6.08. The minimum atomic E-state index is -0.196. The van der Waals surface area contributed by atoms with E-state index in [1.165, 1.54) is 5.70 Å². The molecule has 4 N–H and O–H groups in total. The molecule has 208 valence electrons. The number of aliphatic hydroxyl groups is 1. The lowest BCUT2D eigenvalue weighted by molar-refractivity contribution is -0.113. The standard InChI is InChI=1S/C32H37N5O3/c1-21-20-23(5-15-29(21)37-18-16-28(38)17-19-37)31(39)34-26-10-6-24(7-11-26)33-25-8-12-27(13-9-25)35-32(40)30-14-4-22(2)36(30)3/h4-15,21,28,33,38H,16-20H2,1-3H3,(H,34,39)(H,35,40). The number of piperidine rings is 1. The Kier molecular flexibility index (Phi) is 8.07. The van der Waals surface area contributed by atoms with Crippen molar-refractivity contribution >= 4 is 34.6 Å². The molecular weight excluding hydrogens is 502 g/mol. The Morgan fingerprint density at radius 2 is 1.35 bits per heavy atom. The molecule has 0 saturated carbocycles. The molecule has 5 rings (SSSR count). The van der Waals surface area contributed by atoms with Crippen molar-refractivity contribution < 1.29 is 14.7 Å². The zero-order valence-electron chi connectivity index (χ0n) is 23.3. The molecule has 1 aliphatic heterocycles. The van der Waals surface area contributed by atoms with Gasteiger partial charge in [-0.15, -0.1) is 0 Å². The van der Waals surface area contributed by atoms with Crippen molar-refractivity contribution in [2.75, 3.05) is 29.0 Å². The summed E-state index contributed by atoms with van der Waals surface area (Å²) in [7, 11) is 1.87. The maximum atomic E-state index is 12.9. The first-order chi connectivity index (χ1) is 19.3. The van der Waals surface area contributed by atoms with Gasteiger partial charge in [-0.25, -0.2) is 0 Å². The molecule has 2 aromatic carbocycles. The van der Waals surface area contributed by atoms with E-state index in [0.29, 0.717) is 12.1 Å². The first-order valence-corrected chi connectivity index (χ1v) is 13.8. The summed E-state index contributed by atoms with van der Waals surface area (Å²) in [5, 5.41) is 19.1. The third-order valence-corrected chi connectivity index (χ3v) is 7.79. The number of nitrogens with one attached hydrogen (secondary N) is 3. The number of allylic oxidation sites excluding steroid dienone is 3. The Morgan fingerprint density at radius 3 is 1.88 bits per heavy atom. The van der Waals surface area contributed by atoms with E-state index in [1.807, 2.05) is 85.3 Å². The van der Waals surface area contributed by atoms with Gasteiger partial charge in [-0.3, -0.25) is 9.59 Å². The van der Waals surface area contributed by atoms with Gasteiger partial charge in [0.15, 0.2) is 0 Å². The van der Waals surface area contributed by atoms with Crippen LogP contribution in [0.5, 0.6) is 0 Å². The number of aliphatic hydroxyl groups excluding tert-OH is 1. The van der Waals surface area contributed by atoms with Crippen molar-refractivity contribution in [2.45, 2.75) is 39.2 Å². The van der Waals surface area contributed by atoms with Crippen LogP contribution in [-0.2, 0) is 11.8 Å². The molecule has 2 amide bonds. The van der Waals surface area contributed by atoms with E-state index in [1.54, 1.807) is 0 Å². The van der Waals surface area contributed by atoms with Crippen molar-refractivity contribution in [3.63, 3.8) is 0 Å². The van der Waals surface area contributed by atoms with Gasteiger partial charge in [-0.1, -0.05) is 13.0 Å². The zero-order chi connectivity index (χ0) is 28.2. The average Bonchev–Trinajstić information content (AvgIpc) is 3.29. The van der Waals surface area contributed by atoms with E-state index < -0.39 is 0 Å². The van der Waals surface area contributed by atoms with Crippen molar-refractivity contribution in [3.05, 3.63) is 95.5 Å². The Labute approximate surface area is 235 Å². The van der Waals surface area contributed by atoms with Crippen LogP contribution >= 0.6 is 0 Å². The highest BCUT2D eigenvalue weighted by Gasteiger charge is 2.26. The predicted molar refractivity (Wildman–Crippen MR) is 160 cm³/mol. The average molecular weight is 540 g/mol. The molecule has 8 nitrogen and oxygen atoms in total. The molecule has 0 bridgehead atoms. The third kappa shape index (κ3) is 6.29. The molecular formula is C32H37N5O3. The number of benzene rings is 2. The van der Waals surface area contributed by atoms with E-state index in [0.717, 1.165) is 59.9 Å². The van der Waals surface area contributed by atoms with Gasteiger partial charge in [-0.05, 0) is 92.9 Å². The van der Waals surface area contributed by atoms with Crippen LogP contribution in [0.15, 0.2) is 84.1 Å². The summed E-state index contributed by atoms with van der Waals surface area (Å²) in [4.78, 5) is 27.8. The van der Waals surface area contributed by atoms with Crippen LogP contribution in [0.4, 0.5) is 22.7 Å². The van der Waals surface area contributed by atoms with E-state index >= 15 is 0 Å². The summed E-state index contributed by atoms with van der Waals surface area (Å²) >= 11 is 0. The van der Waals surface area contributed by atoms with Crippen molar-refractivity contribution in [3.8, 4) is 0 Å². The van der Waals surface area contributed by atoms with Gasteiger partial charge in [0.2, 0.25) is 0 Å². The summed E-state index contributed by atoms with van der Waals surface area (Å²) in [6, 6.07) is 18.9. The number of aryl methyl sites for hydroxylation is 1. The SMILES string of the molecule is Cc1ccc(C(=O)Nc2ccc(Nc3ccc(NC(=O)C4=CC=C(N5CCC(O)CC5)C(C)C4)cc3)cc2)n1C. The summed E-state index contributed by atoms with van der Waals surface area (Å²) in [6.45, 7) is 5.84. The number of hydrogen-bond acceptors (Lipinski definition) is 5. The van der Waals surface area contributed by atoms with Crippen LogP contribution < -0.4 is 16.0 Å². The van der Waals surface area contributed by atoms with Crippen LogP contribution in [0.25, 0.3) is 0 Å². The Hall–Kier alpha value is -4.30. The van der Waals surface area contributed by atoms with Gasteiger partial charge in [0.25, 0.3) is 11.8 Å². The van der Waals surface area contributed by atoms with Gasteiger partial charge in [0, 0.05) is 65.8 Å². The number of amides is 2. The second-order valence-electron chi connectivity index (χ2n) is 10.7. The molecule has 8 heteroatoms. The maximum absolute atomic E-state index is 12.9. The number of nitrogens with zero attached hydrogens (tertiary/aromatic N) is 2.